The summed E-state index contributed by atoms with van der Waals surface area (Å²) in [6.07, 6.45) is 4.52. The number of aromatic nitrogens is 3. The number of fused-ring (bicyclic) bond motifs is 1. The maximum Gasteiger partial charge on any atom is 0.273 e. The van der Waals surface area contributed by atoms with Crippen molar-refractivity contribution in [2.45, 2.75) is 32.9 Å². The second-order valence-corrected chi connectivity index (χ2v) is 9.02. The van der Waals surface area contributed by atoms with E-state index in [4.69, 9.17) is 4.74 Å². The van der Waals surface area contributed by atoms with Gasteiger partial charge in [-0.25, -0.2) is 0 Å². The molecule has 6 nitrogen and oxygen atoms in total. The molecule has 34 heavy (non-hydrogen) atoms. The van der Waals surface area contributed by atoms with Crippen LogP contribution in [0.3, 0.4) is 0 Å². The van der Waals surface area contributed by atoms with E-state index in [-0.39, 0.29) is 11.9 Å². The molecule has 0 fully saturated rings. The van der Waals surface area contributed by atoms with Gasteiger partial charge in [0.2, 0.25) is 0 Å². The molecule has 172 valence electrons. The molecule has 0 aliphatic carbocycles. The van der Waals surface area contributed by atoms with Crippen LogP contribution < -0.4 is 4.74 Å². The first-order valence-corrected chi connectivity index (χ1v) is 11.7. The Morgan fingerprint density at radius 3 is 2.44 bits per heavy atom. The van der Waals surface area contributed by atoms with Crippen LogP contribution in [0.2, 0.25) is 0 Å². The number of H-pyrrole nitrogens is 1. The Labute approximate surface area is 199 Å². The van der Waals surface area contributed by atoms with Crippen LogP contribution in [0.1, 0.15) is 53.5 Å². The lowest BCUT2D eigenvalue weighted by atomic mass is 9.96. The van der Waals surface area contributed by atoms with Gasteiger partial charge in [0, 0.05) is 30.1 Å². The minimum atomic E-state index is -0.255. The van der Waals surface area contributed by atoms with E-state index < -0.39 is 0 Å². The highest BCUT2D eigenvalue weighted by molar-refractivity contribution is 6.00. The van der Waals surface area contributed by atoms with Crippen molar-refractivity contribution >= 4 is 5.91 Å². The van der Waals surface area contributed by atoms with Crippen LogP contribution in [-0.2, 0) is 6.54 Å². The zero-order valence-electron chi connectivity index (χ0n) is 19.4. The van der Waals surface area contributed by atoms with Gasteiger partial charge in [-0.3, -0.25) is 14.9 Å². The minimum absolute atomic E-state index is 0.0521. The predicted molar refractivity (Wildman–Crippen MR) is 131 cm³/mol. The van der Waals surface area contributed by atoms with Crippen LogP contribution in [0.5, 0.6) is 5.75 Å². The molecule has 0 saturated carbocycles. The van der Waals surface area contributed by atoms with Crippen molar-refractivity contribution in [1.82, 2.24) is 20.1 Å². The van der Waals surface area contributed by atoms with Gasteiger partial charge >= 0.3 is 0 Å². The van der Waals surface area contributed by atoms with Crippen molar-refractivity contribution in [2.75, 3.05) is 6.61 Å². The maximum absolute atomic E-state index is 13.5. The molecule has 0 radical (unpaired) electrons. The number of benzene rings is 2. The molecule has 1 aliphatic heterocycles. The van der Waals surface area contributed by atoms with Gasteiger partial charge in [0.15, 0.2) is 0 Å². The first kappa shape index (κ1) is 21.9. The van der Waals surface area contributed by atoms with Gasteiger partial charge < -0.3 is 9.64 Å². The highest BCUT2D eigenvalue weighted by Gasteiger charge is 2.42. The standard InChI is InChI=1S/C28H28N4O2/c1-19(2)14-17-34-23-10-8-22(9-11-23)27-24-25(21-6-4-3-5-7-21)30-31-26(24)28(33)32(27)18-20-12-15-29-16-13-20/h3-13,15-16,19,27H,14,17-18H2,1-2H3,(H,30,31). The molecule has 1 unspecified atom stereocenters. The highest BCUT2D eigenvalue weighted by atomic mass is 16.5. The third kappa shape index (κ3) is 4.31. The van der Waals surface area contributed by atoms with Crippen LogP contribution in [0.25, 0.3) is 11.3 Å². The summed E-state index contributed by atoms with van der Waals surface area (Å²) in [6, 6.07) is 21.7. The summed E-state index contributed by atoms with van der Waals surface area (Å²) in [5.41, 5.74) is 5.31. The molecule has 2 aromatic carbocycles. The fourth-order valence-corrected chi connectivity index (χ4v) is 4.37. The third-order valence-electron chi connectivity index (χ3n) is 6.17. The number of pyridine rings is 1. The van der Waals surface area contributed by atoms with E-state index in [1.807, 2.05) is 59.5 Å². The normalized spacial score (nSPS) is 15.1. The molecular formula is C28H28N4O2. The van der Waals surface area contributed by atoms with Gasteiger partial charge in [-0.15, -0.1) is 0 Å². The fourth-order valence-electron chi connectivity index (χ4n) is 4.37. The van der Waals surface area contributed by atoms with Gasteiger partial charge in [0.25, 0.3) is 5.91 Å². The summed E-state index contributed by atoms with van der Waals surface area (Å²) in [5.74, 6) is 1.38. The summed E-state index contributed by atoms with van der Waals surface area (Å²) in [4.78, 5) is 19.5. The number of amides is 1. The zero-order chi connectivity index (χ0) is 23.5. The summed E-state index contributed by atoms with van der Waals surface area (Å²) < 4.78 is 5.92. The number of aromatic amines is 1. The van der Waals surface area contributed by atoms with Crippen molar-refractivity contribution < 1.29 is 9.53 Å². The number of rotatable bonds is 8. The SMILES string of the molecule is CC(C)CCOc1ccc(C2c3c(-c4ccccc4)n[nH]c3C(=O)N2Cc2ccncc2)cc1. The number of ether oxygens (including phenoxy) is 1. The number of hydrogen-bond acceptors (Lipinski definition) is 4. The average Bonchev–Trinajstić information content (AvgIpc) is 3.40. The van der Waals surface area contributed by atoms with E-state index in [1.54, 1.807) is 12.4 Å². The van der Waals surface area contributed by atoms with Crippen molar-refractivity contribution in [3.8, 4) is 17.0 Å². The lowest BCUT2D eigenvalue weighted by Gasteiger charge is -2.26. The van der Waals surface area contributed by atoms with E-state index in [1.165, 1.54) is 0 Å². The molecular weight excluding hydrogens is 424 g/mol. The molecule has 2 aromatic heterocycles. The molecule has 1 N–H and O–H groups in total. The maximum atomic E-state index is 13.5. The zero-order valence-corrected chi connectivity index (χ0v) is 19.4. The molecule has 5 rings (SSSR count). The van der Waals surface area contributed by atoms with Crippen LogP contribution >= 0.6 is 0 Å². The molecule has 0 bridgehead atoms. The smallest absolute Gasteiger partial charge is 0.273 e. The highest BCUT2D eigenvalue weighted by Crippen LogP contribution is 2.43. The first-order chi connectivity index (χ1) is 16.6. The molecule has 0 saturated heterocycles. The Hall–Kier alpha value is -3.93. The number of nitrogens with one attached hydrogen (secondary N) is 1. The molecule has 0 spiro atoms. The minimum Gasteiger partial charge on any atom is -0.494 e. The largest absolute Gasteiger partial charge is 0.494 e. The predicted octanol–water partition coefficient (Wildman–Crippen LogP) is 5.64. The molecule has 4 aromatic rings. The van der Waals surface area contributed by atoms with Crippen molar-refractivity contribution in [3.05, 3.63) is 102 Å². The summed E-state index contributed by atoms with van der Waals surface area (Å²) in [5, 5.41) is 7.56. The molecule has 3 heterocycles. The lowest BCUT2D eigenvalue weighted by Crippen LogP contribution is -2.29. The van der Waals surface area contributed by atoms with Crippen LogP contribution in [0, 0.1) is 5.92 Å². The number of carbonyl (C=O) groups is 1. The topological polar surface area (TPSA) is 71.1 Å². The Kier molecular flexibility index (Phi) is 6.12. The van der Waals surface area contributed by atoms with Crippen LogP contribution in [0.15, 0.2) is 79.1 Å². The Morgan fingerprint density at radius 1 is 1.00 bits per heavy atom. The van der Waals surface area contributed by atoms with Crippen LogP contribution in [0.4, 0.5) is 0 Å². The number of hydrogen-bond donors (Lipinski definition) is 1. The monoisotopic (exact) mass is 452 g/mol. The summed E-state index contributed by atoms with van der Waals surface area (Å²) in [7, 11) is 0. The van der Waals surface area contributed by atoms with Gasteiger partial charge in [-0.05, 0) is 47.7 Å². The summed E-state index contributed by atoms with van der Waals surface area (Å²) >= 11 is 0. The average molecular weight is 453 g/mol. The third-order valence-corrected chi connectivity index (χ3v) is 6.17. The second kappa shape index (κ2) is 9.51. The van der Waals surface area contributed by atoms with E-state index in [0.717, 1.165) is 40.1 Å². The summed E-state index contributed by atoms with van der Waals surface area (Å²) in [6.45, 7) is 5.55. The molecule has 1 atom stereocenters. The van der Waals surface area contributed by atoms with Crippen molar-refractivity contribution in [1.29, 1.82) is 0 Å². The fraction of sp³-hybridized carbons (Fsp3) is 0.250. The van der Waals surface area contributed by atoms with Gasteiger partial charge in [0.05, 0.1) is 18.3 Å². The van der Waals surface area contributed by atoms with Gasteiger partial charge in [-0.2, -0.15) is 5.10 Å². The first-order valence-electron chi connectivity index (χ1n) is 11.7. The van der Waals surface area contributed by atoms with E-state index in [9.17, 15) is 4.79 Å². The lowest BCUT2D eigenvalue weighted by molar-refractivity contribution is 0.0730. The Morgan fingerprint density at radius 2 is 1.74 bits per heavy atom. The van der Waals surface area contributed by atoms with Crippen LogP contribution in [-0.4, -0.2) is 32.6 Å². The van der Waals surface area contributed by atoms with Crippen molar-refractivity contribution in [3.63, 3.8) is 0 Å². The van der Waals surface area contributed by atoms with E-state index in [2.05, 4.69) is 41.2 Å². The second-order valence-electron chi connectivity index (χ2n) is 9.02. The Bertz CT molecular complexity index is 1250. The van der Waals surface area contributed by atoms with Gasteiger partial charge in [0.1, 0.15) is 11.4 Å². The number of carbonyl (C=O) groups excluding carboxylic acids is 1. The van der Waals surface area contributed by atoms with E-state index >= 15 is 0 Å². The quantitative estimate of drug-likeness (QED) is 0.375. The van der Waals surface area contributed by atoms with E-state index in [0.29, 0.717) is 24.8 Å². The number of nitrogens with zero attached hydrogens (tertiary/aromatic N) is 3. The van der Waals surface area contributed by atoms with Crippen molar-refractivity contribution in [2.24, 2.45) is 5.92 Å². The molecule has 1 aliphatic rings. The molecule has 6 heteroatoms. The Balaban J connectivity index is 1.52. The van der Waals surface area contributed by atoms with Gasteiger partial charge in [-0.1, -0.05) is 56.3 Å². The molecule has 1 amide bonds.